The Balaban J connectivity index is 1.59. The predicted molar refractivity (Wildman–Crippen MR) is 110 cm³/mol. The van der Waals surface area contributed by atoms with E-state index in [-0.39, 0.29) is 18.7 Å². The highest BCUT2D eigenvalue weighted by atomic mass is 16.6. The summed E-state index contributed by atoms with van der Waals surface area (Å²) in [6, 6.07) is 17.7. The monoisotopic (exact) mass is 399 g/mol. The number of carbonyl (C=O) groups excluding carboxylic acids is 1. The van der Waals surface area contributed by atoms with Crippen molar-refractivity contribution in [2.45, 2.75) is 51.0 Å². The Kier molecular flexibility index (Phi) is 6.77. The van der Waals surface area contributed by atoms with Crippen LogP contribution in [-0.2, 0) is 17.6 Å². The quantitative estimate of drug-likeness (QED) is 0.634. The number of aliphatic hydroxyl groups is 2. The maximum absolute atomic E-state index is 12.5. The second-order valence-electron chi connectivity index (χ2n) is 7.91. The molecule has 1 heterocycles. The van der Waals surface area contributed by atoms with E-state index >= 15 is 0 Å². The van der Waals surface area contributed by atoms with Gasteiger partial charge >= 0.3 is 6.09 Å². The van der Waals surface area contributed by atoms with E-state index in [1.807, 2.05) is 55.1 Å². The summed E-state index contributed by atoms with van der Waals surface area (Å²) in [6.07, 6.45) is 0.575. The summed E-state index contributed by atoms with van der Waals surface area (Å²) in [5.41, 5.74) is 1.72. The van der Waals surface area contributed by atoms with Gasteiger partial charge in [0.1, 0.15) is 18.0 Å². The van der Waals surface area contributed by atoms with Crippen LogP contribution in [0.2, 0.25) is 0 Å². The molecule has 1 saturated heterocycles. The smallest absolute Gasteiger partial charge is 0.410 e. The van der Waals surface area contributed by atoms with Crippen molar-refractivity contribution < 1.29 is 24.5 Å². The van der Waals surface area contributed by atoms with Crippen LogP contribution in [0.4, 0.5) is 4.79 Å². The highest BCUT2D eigenvalue weighted by Gasteiger charge is 2.47. The number of hydrogen-bond donors (Lipinski definition) is 2. The van der Waals surface area contributed by atoms with Gasteiger partial charge in [0, 0.05) is 6.54 Å². The summed E-state index contributed by atoms with van der Waals surface area (Å²) in [6.45, 7) is 4.38. The van der Waals surface area contributed by atoms with Gasteiger partial charge in [-0.3, -0.25) is 0 Å². The first-order valence-corrected chi connectivity index (χ1v) is 9.96. The molecule has 3 rings (SSSR count). The summed E-state index contributed by atoms with van der Waals surface area (Å²) in [5.74, 6) is 0.597. The van der Waals surface area contributed by atoms with Gasteiger partial charge in [0.2, 0.25) is 0 Å². The molecule has 2 aromatic carbocycles. The Labute approximate surface area is 171 Å². The second-order valence-corrected chi connectivity index (χ2v) is 7.91. The van der Waals surface area contributed by atoms with Crippen molar-refractivity contribution in [3.05, 3.63) is 65.7 Å². The van der Waals surface area contributed by atoms with Crippen LogP contribution in [0.25, 0.3) is 0 Å². The van der Waals surface area contributed by atoms with Crippen LogP contribution in [0.5, 0.6) is 5.75 Å². The molecule has 2 aromatic rings. The zero-order chi connectivity index (χ0) is 20.9. The van der Waals surface area contributed by atoms with Crippen molar-refractivity contribution in [2.75, 3.05) is 13.2 Å². The van der Waals surface area contributed by atoms with Gasteiger partial charge in [-0.2, -0.15) is 0 Å². The number of amides is 1. The topological polar surface area (TPSA) is 79.2 Å². The van der Waals surface area contributed by atoms with Crippen molar-refractivity contribution in [1.29, 1.82) is 0 Å². The lowest BCUT2D eigenvalue weighted by molar-refractivity contribution is -0.0680. The van der Waals surface area contributed by atoms with Crippen LogP contribution in [-0.4, -0.2) is 52.3 Å². The van der Waals surface area contributed by atoms with Crippen LogP contribution in [0, 0.1) is 0 Å². The lowest BCUT2D eigenvalue weighted by atomic mass is 9.92. The first-order chi connectivity index (χ1) is 13.8. The first kappa shape index (κ1) is 21.1. The fraction of sp³-hybridized carbons (Fsp3) is 0.435. The summed E-state index contributed by atoms with van der Waals surface area (Å²) in [7, 11) is 0. The normalized spacial score (nSPS) is 18.2. The Hall–Kier alpha value is -2.57. The molecule has 6 heteroatoms. The van der Waals surface area contributed by atoms with Gasteiger partial charge in [-0.15, -0.1) is 0 Å². The van der Waals surface area contributed by atoms with Gasteiger partial charge in [-0.1, -0.05) is 42.5 Å². The number of aliphatic hydroxyl groups excluding tert-OH is 1. The highest BCUT2D eigenvalue weighted by molar-refractivity contribution is 5.71. The van der Waals surface area contributed by atoms with Gasteiger partial charge in [-0.05, 0) is 56.4 Å². The van der Waals surface area contributed by atoms with E-state index < -0.39 is 11.9 Å². The molecule has 1 fully saturated rings. The number of benzene rings is 2. The van der Waals surface area contributed by atoms with E-state index in [9.17, 15) is 4.79 Å². The molecule has 6 nitrogen and oxygen atoms in total. The molecule has 1 aliphatic rings. The number of rotatable bonds is 9. The van der Waals surface area contributed by atoms with Crippen LogP contribution in [0.1, 0.15) is 31.4 Å². The zero-order valence-electron chi connectivity index (χ0n) is 17.0. The third-order valence-corrected chi connectivity index (χ3v) is 5.20. The fourth-order valence-corrected chi connectivity index (χ4v) is 3.71. The van der Waals surface area contributed by atoms with Crippen LogP contribution >= 0.6 is 0 Å². The Bertz CT molecular complexity index is 806. The maximum atomic E-state index is 12.5. The van der Waals surface area contributed by atoms with E-state index in [0.717, 1.165) is 24.8 Å². The molecule has 1 atom stereocenters. The molecule has 0 aliphatic carbocycles. The molecule has 156 valence electrons. The van der Waals surface area contributed by atoms with Gasteiger partial charge in [0.25, 0.3) is 0 Å². The van der Waals surface area contributed by atoms with Gasteiger partial charge < -0.3 is 24.6 Å². The fourth-order valence-electron chi connectivity index (χ4n) is 3.71. The largest absolute Gasteiger partial charge is 0.488 e. The van der Waals surface area contributed by atoms with Crippen molar-refractivity contribution in [3.8, 4) is 5.75 Å². The molecule has 1 amide bonds. The van der Waals surface area contributed by atoms with E-state index in [0.29, 0.717) is 12.3 Å². The maximum Gasteiger partial charge on any atom is 0.410 e. The number of carbonyl (C=O) groups is 1. The minimum Gasteiger partial charge on any atom is -0.488 e. The molecule has 1 aliphatic heterocycles. The molecule has 0 bridgehead atoms. The van der Waals surface area contributed by atoms with Crippen molar-refractivity contribution >= 4 is 6.09 Å². The summed E-state index contributed by atoms with van der Waals surface area (Å²) < 4.78 is 11.0. The Morgan fingerprint density at radius 2 is 1.83 bits per heavy atom. The van der Waals surface area contributed by atoms with E-state index in [4.69, 9.17) is 19.7 Å². The molecular formula is C23H29NO5. The SMILES string of the molecule is CC1(C)OC(=O)N(CCCc2cccc(OCC(O)O)c2)[C@H]1Cc1ccccc1. The van der Waals surface area contributed by atoms with E-state index in [1.165, 1.54) is 5.56 Å². The molecule has 0 spiro atoms. The van der Waals surface area contributed by atoms with Gasteiger partial charge in [-0.25, -0.2) is 4.79 Å². The number of hydrogen-bond acceptors (Lipinski definition) is 5. The van der Waals surface area contributed by atoms with Crippen LogP contribution in [0.3, 0.4) is 0 Å². The molecule has 0 unspecified atom stereocenters. The number of nitrogens with zero attached hydrogens (tertiary/aromatic N) is 1. The summed E-state index contributed by atoms with van der Waals surface area (Å²) >= 11 is 0. The number of aryl methyl sites for hydroxylation is 1. The lowest BCUT2D eigenvalue weighted by Crippen LogP contribution is -2.43. The average Bonchev–Trinajstić information content (AvgIpc) is 2.89. The van der Waals surface area contributed by atoms with Crippen molar-refractivity contribution in [1.82, 2.24) is 4.90 Å². The van der Waals surface area contributed by atoms with Gasteiger partial charge in [0.05, 0.1) is 6.04 Å². The van der Waals surface area contributed by atoms with Crippen molar-refractivity contribution in [2.24, 2.45) is 0 Å². The summed E-state index contributed by atoms with van der Waals surface area (Å²) in [4.78, 5) is 14.3. The second kappa shape index (κ2) is 9.29. The Morgan fingerprint density at radius 1 is 1.10 bits per heavy atom. The third-order valence-electron chi connectivity index (χ3n) is 5.20. The molecule has 2 N–H and O–H groups in total. The van der Waals surface area contributed by atoms with Gasteiger partial charge in [0.15, 0.2) is 6.29 Å². The molecule has 0 radical (unpaired) electrons. The predicted octanol–water partition coefficient (Wildman–Crippen LogP) is 3.15. The first-order valence-electron chi connectivity index (χ1n) is 9.96. The minimum absolute atomic E-state index is 0.0156. The number of cyclic esters (lactones) is 1. The minimum atomic E-state index is -1.50. The molecular weight excluding hydrogens is 370 g/mol. The van der Waals surface area contributed by atoms with E-state index in [2.05, 4.69) is 12.1 Å². The van der Waals surface area contributed by atoms with Crippen molar-refractivity contribution in [3.63, 3.8) is 0 Å². The summed E-state index contributed by atoms with van der Waals surface area (Å²) in [5, 5.41) is 17.8. The molecule has 0 saturated carbocycles. The zero-order valence-corrected chi connectivity index (χ0v) is 17.0. The Morgan fingerprint density at radius 3 is 2.55 bits per heavy atom. The van der Waals surface area contributed by atoms with E-state index in [1.54, 1.807) is 6.07 Å². The standard InChI is InChI=1S/C23H29NO5/c1-23(2)20(15-18-8-4-3-5-9-18)24(22(27)29-23)13-7-11-17-10-6-12-19(14-17)28-16-21(25)26/h3-6,8-10,12,14,20-21,25-26H,7,11,13,15-16H2,1-2H3/t20-/m0/s1. The molecule has 29 heavy (non-hydrogen) atoms. The highest BCUT2D eigenvalue weighted by Crippen LogP contribution is 2.32. The number of ether oxygens (including phenoxy) is 2. The van der Waals surface area contributed by atoms with Crippen LogP contribution < -0.4 is 4.74 Å². The average molecular weight is 399 g/mol. The van der Waals surface area contributed by atoms with Crippen LogP contribution in [0.15, 0.2) is 54.6 Å². The third kappa shape index (κ3) is 5.71. The molecule has 0 aromatic heterocycles. The lowest BCUT2D eigenvalue weighted by Gasteiger charge is -2.29.